The topological polar surface area (TPSA) is 109 Å². The van der Waals surface area contributed by atoms with Crippen LogP contribution >= 0.6 is 0 Å². The van der Waals surface area contributed by atoms with Gasteiger partial charge in [0.25, 0.3) is 0 Å². The Morgan fingerprint density at radius 1 is 1.53 bits per heavy atom. The average Bonchev–Trinajstić information content (AvgIpc) is 2.89. The van der Waals surface area contributed by atoms with Gasteiger partial charge in [-0.25, -0.2) is 4.79 Å². The Bertz CT molecular complexity index is 434. The van der Waals surface area contributed by atoms with Crippen molar-refractivity contribution >= 4 is 12.0 Å². The maximum atomic E-state index is 12.0. The number of hydrogen-bond acceptors (Lipinski definition) is 5. The third-order valence-corrected chi connectivity index (χ3v) is 3.10. The van der Waals surface area contributed by atoms with E-state index in [1.54, 1.807) is 4.90 Å². The molecule has 104 valence electrons. The number of likely N-dealkylation sites (tertiary alicyclic amines) is 1. The molecule has 8 heteroatoms. The minimum Gasteiger partial charge on any atom is -0.481 e. The Kier molecular flexibility index (Phi) is 4.32. The second-order valence-corrected chi connectivity index (χ2v) is 4.45. The van der Waals surface area contributed by atoms with Crippen molar-refractivity contribution in [2.45, 2.75) is 38.3 Å². The van der Waals surface area contributed by atoms with Gasteiger partial charge in [0.15, 0.2) is 5.82 Å². The number of hydrogen-bond donors (Lipinski definition) is 2. The fourth-order valence-corrected chi connectivity index (χ4v) is 2.21. The van der Waals surface area contributed by atoms with E-state index in [2.05, 4.69) is 20.0 Å². The monoisotopic (exact) mass is 268 g/mol. The van der Waals surface area contributed by atoms with Crippen LogP contribution in [0.15, 0.2) is 10.9 Å². The highest BCUT2D eigenvalue weighted by molar-refractivity contribution is 5.76. The molecule has 0 bridgehead atoms. The molecule has 1 aromatic rings. The number of carbonyl (C=O) groups excluding carboxylic acids is 1. The molecule has 0 saturated carbocycles. The van der Waals surface area contributed by atoms with E-state index < -0.39 is 5.97 Å². The summed E-state index contributed by atoms with van der Waals surface area (Å²) < 4.78 is 4.56. The van der Waals surface area contributed by atoms with Crippen LogP contribution in [0.1, 0.15) is 31.5 Å². The van der Waals surface area contributed by atoms with Gasteiger partial charge in [-0.05, 0) is 19.3 Å². The van der Waals surface area contributed by atoms with E-state index in [1.807, 2.05) is 0 Å². The Morgan fingerprint density at radius 3 is 3.05 bits per heavy atom. The van der Waals surface area contributed by atoms with Gasteiger partial charge in [0, 0.05) is 12.6 Å². The molecule has 2 N–H and O–H groups in total. The van der Waals surface area contributed by atoms with Crippen LogP contribution in [-0.2, 0) is 11.3 Å². The van der Waals surface area contributed by atoms with Crippen molar-refractivity contribution in [2.24, 2.45) is 0 Å². The van der Waals surface area contributed by atoms with Gasteiger partial charge in [-0.15, -0.1) is 0 Å². The van der Waals surface area contributed by atoms with Crippen molar-refractivity contribution in [1.29, 1.82) is 0 Å². The highest BCUT2D eigenvalue weighted by atomic mass is 16.5. The first-order valence-corrected chi connectivity index (χ1v) is 6.18. The normalized spacial score (nSPS) is 19.2. The number of carbonyl (C=O) groups is 2. The molecular formula is C11H16N4O4. The summed E-state index contributed by atoms with van der Waals surface area (Å²) in [4.78, 5) is 28.2. The van der Waals surface area contributed by atoms with E-state index in [9.17, 15) is 9.59 Å². The van der Waals surface area contributed by atoms with Crippen LogP contribution in [0.2, 0.25) is 0 Å². The molecule has 1 aliphatic heterocycles. The molecule has 2 amide bonds. The number of aliphatic carboxylic acids is 1. The molecular weight excluding hydrogens is 252 g/mol. The largest absolute Gasteiger partial charge is 0.481 e. The molecule has 0 spiro atoms. The summed E-state index contributed by atoms with van der Waals surface area (Å²) in [6.07, 6.45) is 3.74. The standard InChI is InChI=1S/C11H16N4O4/c16-10(17)5-8-3-1-2-4-15(8)11(18)12-6-9-13-7-19-14-9/h7-8H,1-6H2,(H,12,18)(H,16,17). The van der Waals surface area contributed by atoms with Crippen molar-refractivity contribution in [3.05, 3.63) is 12.2 Å². The summed E-state index contributed by atoms with van der Waals surface area (Å²) >= 11 is 0. The summed E-state index contributed by atoms with van der Waals surface area (Å²) in [5.41, 5.74) is 0. The van der Waals surface area contributed by atoms with E-state index in [-0.39, 0.29) is 25.0 Å². The van der Waals surface area contributed by atoms with Gasteiger partial charge in [0.05, 0.1) is 13.0 Å². The molecule has 0 aromatic carbocycles. The maximum Gasteiger partial charge on any atom is 0.318 e. The lowest BCUT2D eigenvalue weighted by molar-refractivity contribution is -0.138. The molecule has 19 heavy (non-hydrogen) atoms. The molecule has 1 unspecified atom stereocenters. The number of urea groups is 1. The number of nitrogens with one attached hydrogen (secondary N) is 1. The van der Waals surface area contributed by atoms with Gasteiger partial charge in [-0.1, -0.05) is 5.16 Å². The minimum atomic E-state index is -0.886. The lowest BCUT2D eigenvalue weighted by Gasteiger charge is -2.34. The third-order valence-electron chi connectivity index (χ3n) is 3.10. The van der Waals surface area contributed by atoms with Crippen molar-refractivity contribution < 1.29 is 19.2 Å². The number of piperidine rings is 1. The quantitative estimate of drug-likeness (QED) is 0.828. The molecule has 1 aromatic heterocycles. The highest BCUT2D eigenvalue weighted by Gasteiger charge is 2.28. The van der Waals surface area contributed by atoms with Crippen LogP contribution in [-0.4, -0.2) is 44.7 Å². The van der Waals surface area contributed by atoms with Gasteiger partial charge >= 0.3 is 12.0 Å². The lowest BCUT2D eigenvalue weighted by Crippen LogP contribution is -2.49. The van der Waals surface area contributed by atoms with Crippen LogP contribution in [0.3, 0.4) is 0 Å². The number of rotatable bonds is 4. The molecule has 1 saturated heterocycles. The maximum absolute atomic E-state index is 12.0. The Labute approximate surface area is 109 Å². The van der Waals surface area contributed by atoms with E-state index in [0.717, 1.165) is 19.3 Å². The molecule has 0 aliphatic carbocycles. The number of nitrogens with zero attached hydrogens (tertiary/aromatic N) is 3. The number of carboxylic acid groups (broad SMARTS) is 1. The summed E-state index contributed by atoms with van der Waals surface area (Å²) in [7, 11) is 0. The van der Waals surface area contributed by atoms with E-state index >= 15 is 0 Å². The average molecular weight is 268 g/mol. The van der Waals surface area contributed by atoms with Crippen LogP contribution < -0.4 is 5.32 Å². The predicted octanol–water partition coefficient (Wildman–Crippen LogP) is 0.608. The summed E-state index contributed by atoms with van der Waals surface area (Å²) in [5.74, 6) is -0.497. The molecule has 0 radical (unpaired) electrons. The highest BCUT2D eigenvalue weighted by Crippen LogP contribution is 2.19. The van der Waals surface area contributed by atoms with Crippen molar-refractivity contribution in [2.75, 3.05) is 6.54 Å². The first-order valence-electron chi connectivity index (χ1n) is 6.18. The molecule has 8 nitrogen and oxygen atoms in total. The number of carboxylic acids is 1. The summed E-state index contributed by atoms with van der Waals surface area (Å²) in [6.45, 7) is 0.752. The molecule has 1 aliphatic rings. The van der Waals surface area contributed by atoms with Gasteiger partial charge in [0.1, 0.15) is 0 Å². The minimum absolute atomic E-state index is 0.0182. The SMILES string of the molecule is O=C(O)CC1CCCCN1C(=O)NCc1ncon1. The second kappa shape index (κ2) is 6.17. The van der Waals surface area contributed by atoms with Gasteiger partial charge in [-0.2, -0.15) is 4.98 Å². The zero-order valence-corrected chi connectivity index (χ0v) is 10.4. The number of aromatic nitrogens is 2. The summed E-state index contributed by atoms with van der Waals surface area (Å²) in [5, 5.41) is 15.1. The van der Waals surface area contributed by atoms with Crippen molar-refractivity contribution in [3.63, 3.8) is 0 Å². The van der Waals surface area contributed by atoms with E-state index in [1.165, 1.54) is 6.39 Å². The fraction of sp³-hybridized carbons (Fsp3) is 0.636. The van der Waals surface area contributed by atoms with Gasteiger partial charge in [-0.3, -0.25) is 4.79 Å². The zero-order chi connectivity index (χ0) is 13.7. The Morgan fingerprint density at radius 2 is 2.37 bits per heavy atom. The first kappa shape index (κ1) is 13.3. The Hall–Kier alpha value is -2.12. The lowest BCUT2D eigenvalue weighted by atomic mass is 10.00. The van der Waals surface area contributed by atoms with E-state index in [4.69, 9.17) is 5.11 Å². The smallest absolute Gasteiger partial charge is 0.318 e. The van der Waals surface area contributed by atoms with Crippen molar-refractivity contribution in [1.82, 2.24) is 20.4 Å². The molecule has 1 atom stereocenters. The van der Waals surface area contributed by atoms with Gasteiger partial charge < -0.3 is 19.8 Å². The second-order valence-electron chi connectivity index (χ2n) is 4.45. The van der Waals surface area contributed by atoms with Crippen molar-refractivity contribution in [3.8, 4) is 0 Å². The van der Waals surface area contributed by atoms with Gasteiger partial charge in [0.2, 0.25) is 6.39 Å². The van der Waals surface area contributed by atoms with Crippen LogP contribution in [0.4, 0.5) is 4.79 Å². The molecule has 1 fully saturated rings. The molecule has 2 rings (SSSR count). The summed E-state index contributed by atoms with van der Waals surface area (Å²) in [6, 6.07) is -0.521. The number of amides is 2. The van der Waals surface area contributed by atoms with Crippen LogP contribution in [0.25, 0.3) is 0 Å². The molecule has 2 heterocycles. The van der Waals surface area contributed by atoms with Crippen LogP contribution in [0, 0.1) is 0 Å². The van der Waals surface area contributed by atoms with E-state index in [0.29, 0.717) is 12.4 Å². The Balaban J connectivity index is 1.89. The zero-order valence-electron chi connectivity index (χ0n) is 10.4. The predicted molar refractivity (Wildman–Crippen MR) is 63.1 cm³/mol. The fourth-order valence-electron chi connectivity index (χ4n) is 2.21. The third kappa shape index (κ3) is 3.67. The van der Waals surface area contributed by atoms with Crippen LogP contribution in [0.5, 0.6) is 0 Å². The first-order chi connectivity index (χ1) is 9.16.